The van der Waals surface area contributed by atoms with Gasteiger partial charge >= 0.3 is 12.1 Å². The maximum absolute atomic E-state index is 12.5. The van der Waals surface area contributed by atoms with Crippen molar-refractivity contribution in [2.24, 2.45) is 0 Å². The summed E-state index contributed by atoms with van der Waals surface area (Å²) in [5, 5.41) is 18.0. The summed E-state index contributed by atoms with van der Waals surface area (Å²) in [4.78, 5) is 36.1. The smallest absolute Gasteiger partial charge is 0.407 e. The van der Waals surface area contributed by atoms with Crippen LogP contribution >= 0.6 is 11.3 Å². The summed E-state index contributed by atoms with van der Waals surface area (Å²) < 4.78 is 5.43. The summed E-state index contributed by atoms with van der Waals surface area (Å²) in [6.45, 7) is 0.334. The van der Waals surface area contributed by atoms with Gasteiger partial charge in [0.05, 0.1) is 6.42 Å². The highest BCUT2D eigenvalue weighted by atomic mass is 32.1. The van der Waals surface area contributed by atoms with Crippen LogP contribution in [0, 0.1) is 0 Å². The number of rotatable bonds is 8. The Balaban J connectivity index is 1.39. The number of hydrogen-bond donors (Lipinski definition) is 3. The number of aliphatic carboxylic acids is 1. The Morgan fingerprint density at radius 3 is 2.25 bits per heavy atom. The van der Waals surface area contributed by atoms with Crippen LogP contribution in [0.1, 0.15) is 29.0 Å². The summed E-state index contributed by atoms with van der Waals surface area (Å²) in [5.41, 5.74) is 5.25. The topological polar surface area (TPSA) is 105 Å². The lowest BCUT2D eigenvalue weighted by Gasteiger charge is -2.18. The van der Waals surface area contributed by atoms with Crippen LogP contribution in [0.2, 0.25) is 0 Å². The van der Waals surface area contributed by atoms with Gasteiger partial charge in [-0.2, -0.15) is 11.3 Å². The first-order chi connectivity index (χ1) is 15.5. The Morgan fingerprint density at radius 2 is 1.66 bits per heavy atom. The molecular formula is C24H22N2O5S. The molecule has 1 unspecified atom stereocenters. The largest absolute Gasteiger partial charge is 0.481 e. The zero-order chi connectivity index (χ0) is 22.5. The molecule has 0 aliphatic heterocycles. The van der Waals surface area contributed by atoms with Crippen molar-refractivity contribution in [1.29, 1.82) is 0 Å². The molecule has 0 spiro atoms. The molecule has 2 aromatic carbocycles. The summed E-state index contributed by atoms with van der Waals surface area (Å²) in [7, 11) is 0. The van der Waals surface area contributed by atoms with Gasteiger partial charge in [-0.25, -0.2) is 4.79 Å². The molecule has 4 rings (SSSR count). The van der Waals surface area contributed by atoms with Crippen molar-refractivity contribution in [3.8, 4) is 11.1 Å². The molecule has 0 saturated carbocycles. The fourth-order valence-corrected chi connectivity index (χ4v) is 4.54. The van der Waals surface area contributed by atoms with Crippen LogP contribution in [0.15, 0.2) is 65.4 Å². The molecule has 3 aromatic rings. The van der Waals surface area contributed by atoms with Crippen LogP contribution in [-0.2, 0) is 20.9 Å². The normalized spacial score (nSPS) is 13.0. The second-order valence-corrected chi connectivity index (χ2v) is 8.25. The average molecular weight is 451 g/mol. The predicted molar refractivity (Wildman–Crippen MR) is 120 cm³/mol. The van der Waals surface area contributed by atoms with E-state index in [1.807, 2.05) is 65.4 Å². The number of carboxylic acids is 1. The molecule has 0 fully saturated rings. The minimum atomic E-state index is -1.23. The number of carbonyl (C=O) groups is 3. The highest BCUT2D eigenvalue weighted by molar-refractivity contribution is 7.07. The molecule has 1 aliphatic rings. The number of benzene rings is 2. The molecule has 164 valence electrons. The molecule has 1 aromatic heterocycles. The number of amides is 2. The lowest BCUT2D eigenvalue weighted by atomic mass is 9.98. The van der Waals surface area contributed by atoms with Crippen molar-refractivity contribution < 1.29 is 24.2 Å². The van der Waals surface area contributed by atoms with Gasteiger partial charge in [-0.15, -0.1) is 0 Å². The van der Waals surface area contributed by atoms with Crippen molar-refractivity contribution in [1.82, 2.24) is 10.6 Å². The molecule has 1 aliphatic carbocycles. The predicted octanol–water partition coefficient (Wildman–Crippen LogP) is 3.75. The van der Waals surface area contributed by atoms with Crippen molar-refractivity contribution in [3.63, 3.8) is 0 Å². The Hall–Kier alpha value is -3.65. The minimum Gasteiger partial charge on any atom is -0.481 e. The van der Waals surface area contributed by atoms with E-state index >= 15 is 0 Å². The second kappa shape index (κ2) is 9.65. The van der Waals surface area contributed by atoms with Crippen molar-refractivity contribution in [2.75, 3.05) is 6.61 Å². The number of hydrogen-bond acceptors (Lipinski definition) is 5. The van der Waals surface area contributed by atoms with Crippen LogP contribution < -0.4 is 10.6 Å². The number of nitrogens with one attached hydrogen (secondary N) is 2. The van der Waals surface area contributed by atoms with Gasteiger partial charge in [0.15, 0.2) is 0 Å². The SMILES string of the molecule is O=C(O)CC(NC(=O)OCC1c2ccccc2-c2ccccc21)C(=O)NCc1ccsc1. The Morgan fingerprint density at radius 1 is 1.00 bits per heavy atom. The number of carbonyl (C=O) groups excluding carboxylic acids is 2. The fraction of sp³-hybridized carbons (Fsp3) is 0.208. The van der Waals surface area contributed by atoms with Gasteiger partial charge in [0.1, 0.15) is 12.6 Å². The zero-order valence-electron chi connectivity index (χ0n) is 17.1. The van der Waals surface area contributed by atoms with Gasteiger partial charge in [-0.1, -0.05) is 48.5 Å². The highest BCUT2D eigenvalue weighted by Crippen LogP contribution is 2.44. The first kappa shape index (κ1) is 21.6. The Bertz CT molecular complexity index is 1080. The minimum absolute atomic E-state index is 0.0795. The van der Waals surface area contributed by atoms with Gasteiger partial charge < -0.3 is 20.5 Å². The zero-order valence-corrected chi connectivity index (χ0v) is 17.9. The van der Waals surface area contributed by atoms with Crippen LogP contribution in [0.25, 0.3) is 11.1 Å². The molecule has 7 nitrogen and oxygen atoms in total. The molecular weight excluding hydrogens is 428 g/mol. The Labute approximate surface area is 189 Å². The van der Waals surface area contributed by atoms with Crippen LogP contribution in [-0.4, -0.2) is 35.7 Å². The lowest BCUT2D eigenvalue weighted by molar-refractivity contribution is -0.139. The summed E-state index contributed by atoms with van der Waals surface area (Å²) in [6.07, 6.45) is -1.37. The van der Waals surface area contributed by atoms with Crippen LogP contribution in [0.5, 0.6) is 0 Å². The molecule has 8 heteroatoms. The van der Waals surface area contributed by atoms with Gasteiger partial charge in [0, 0.05) is 12.5 Å². The summed E-state index contributed by atoms with van der Waals surface area (Å²) in [5.74, 6) is -1.90. The van der Waals surface area contributed by atoms with Crippen LogP contribution in [0.3, 0.4) is 0 Å². The van der Waals surface area contributed by atoms with E-state index in [1.165, 1.54) is 11.3 Å². The van der Waals surface area contributed by atoms with Crippen molar-refractivity contribution in [3.05, 3.63) is 82.0 Å². The molecule has 32 heavy (non-hydrogen) atoms. The quantitative estimate of drug-likeness (QED) is 0.485. The number of carboxylic acid groups (broad SMARTS) is 1. The van der Waals surface area contributed by atoms with E-state index in [-0.39, 0.29) is 19.1 Å². The van der Waals surface area contributed by atoms with E-state index in [2.05, 4.69) is 10.6 Å². The number of alkyl carbamates (subject to hydrolysis) is 1. The van der Waals surface area contributed by atoms with E-state index in [0.717, 1.165) is 27.8 Å². The first-order valence-electron chi connectivity index (χ1n) is 10.1. The van der Waals surface area contributed by atoms with E-state index in [1.54, 1.807) is 0 Å². The second-order valence-electron chi connectivity index (χ2n) is 7.47. The number of fused-ring (bicyclic) bond motifs is 3. The summed E-state index contributed by atoms with van der Waals surface area (Å²) >= 11 is 1.49. The molecule has 3 N–H and O–H groups in total. The van der Waals surface area contributed by atoms with E-state index in [0.29, 0.717) is 0 Å². The standard InChI is InChI=1S/C24H22N2O5S/c27-22(28)11-21(23(29)25-12-15-9-10-32-14-15)26-24(30)31-13-20-18-7-3-1-5-16(18)17-6-2-4-8-19(17)20/h1-10,14,20-21H,11-13H2,(H,25,29)(H,26,30)(H,27,28). The van der Waals surface area contributed by atoms with E-state index in [4.69, 9.17) is 9.84 Å². The maximum atomic E-state index is 12.5. The van der Waals surface area contributed by atoms with Crippen molar-refractivity contribution >= 4 is 29.3 Å². The van der Waals surface area contributed by atoms with Gasteiger partial charge in [0.2, 0.25) is 5.91 Å². The third-order valence-electron chi connectivity index (χ3n) is 5.38. The molecule has 0 saturated heterocycles. The van der Waals surface area contributed by atoms with Gasteiger partial charge in [0.25, 0.3) is 0 Å². The number of ether oxygens (including phenoxy) is 1. The molecule has 2 amide bonds. The number of thiophene rings is 1. The molecule has 1 atom stereocenters. The molecule has 0 bridgehead atoms. The fourth-order valence-electron chi connectivity index (χ4n) is 3.87. The average Bonchev–Trinajstić information content (AvgIpc) is 3.41. The highest BCUT2D eigenvalue weighted by Gasteiger charge is 2.30. The monoisotopic (exact) mass is 450 g/mol. The molecule has 0 radical (unpaired) electrons. The molecule has 1 heterocycles. The van der Waals surface area contributed by atoms with Crippen LogP contribution in [0.4, 0.5) is 4.79 Å². The Kier molecular flexibility index (Phi) is 6.51. The van der Waals surface area contributed by atoms with Gasteiger partial charge in [-0.3, -0.25) is 9.59 Å². The third kappa shape index (κ3) is 4.81. The van der Waals surface area contributed by atoms with Gasteiger partial charge in [-0.05, 0) is 44.6 Å². The lowest BCUT2D eigenvalue weighted by Crippen LogP contribution is -2.48. The van der Waals surface area contributed by atoms with E-state index in [9.17, 15) is 14.4 Å². The first-order valence-corrected chi connectivity index (χ1v) is 11.1. The maximum Gasteiger partial charge on any atom is 0.407 e. The van der Waals surface area contributed by atoms with Crippen molar-refractivity contribution in [2.45, 2.75) is 24.9 Å². The summed E-state index contributed by atoms with van der Waals surface area (Å²) in [6, 6.07) is 16.5. The van der Waals surface area contributed by atoms with E-state index < -0.39 is 30.4 Å². The third-order valence-corrected chi connectivity index (χ3v) is 6.11.